The fraction of sp³-hybridized carbons (Fsp3) is 0.778. The summed E-state index contributed by atoms with van der Waals surface area (Å²) in [5, 5.41) is 10.9. The van der Waals surface area contributed by atoms with Gasteiger partial charge < -0.3 is 10.1 Å². The number of amides is 2. The summed E-state index contributed by atoms with van der Waals surface area (Å²) in [7, 11) is 0. The largest absolute Gasteiger partial charge is 0.444 e. The molecule has 6 heteroatoms. The van der Waals surface area contributed by atoms with E-state index in [9.17, 15) is 9.59 Å². The van der Waals surface area contributed by atoms with Gasteiger partial charge in [0.2, 0.25) is 5.91 Å². The van der Waals surface area contributed by atoms with Crippen molar-refractivity contribution in [2.24, 2.45) is 5.92 Å². The second-order valence-electron chi connectivity index (χ2n) is 4.57. The van der Waals surface area contributed by atoms with Crippen molar-refractivity contribution in [2.75, 3.05) is 0 Å². The maximum atomic E-state index is 11.2. The third-order valence-electron chi connectivity index (χ3n) is 1.94. The van der Waals surface area contributed by atoms with Crippen LogP contribution in [0.15, 0.2) is 0 Å². The van der Waals surface area contributed by atoms with Gasteiger partial charge in [-0.2, -0.15) is 0 Å². The highest BCUT2D eigenvalue weighted by Gasteiger charge is 2.44. The van der Waals surface area contributed by atoms with Gasteiger partial charge in [-0.3, -0.25) is 10.0 Å². The molecule has 0 radical (unpaired) electrons. The van der Waals surface area contributed by atoms with Gasteiger partial charge in [0.15, 0.2) is 0 Å². The van der Waals surface area contributed by atoms with Crippen molar-refractivity contribution in [3.05, 3.63) is 0 Å². The molecule has 3 N–H and O–H groups in total. The van der Waals surface area contributed by atoms with Crippen molar-refractivity contribution in [3.8, 4) is 0 Å². The van der Waals surface area contributed by atoms with Gasteiger partial charge in [0.25, 0.3) is 0 Å². The third-order valence-corrected chi connectivity index (χ3v) is 1.94. The van der Waals surface area contributed by atoms with Crippen LogP contribution < -0.4 is 10.8 Å². The Balaban J connectivity index is 2.28. The number of nitrogens with one attached hydrogen (secondary N) is 2. The molecule has 1 fully saturated rings. The number of hydrogen-bond acceptors (Lipinski definition) is 4. The summed E-state index contributed by atoms with van der Waals surface area (Å²) in [6.45, 7) is 5.28. The number of carbonyl (C=O) groups is 2. The molecule has 2 amide bonds. The zero-order valence-electron chi connectivity index (χ0n) is 9.03. The molecule has 0 aromatic heterocycles. The molecule has 1 aliphatic rings. The van der Waals surface area contributed by atoms with Gasteiger partial charge in [0.1, 0.15) is 5.60 Å². The van der Waals surface area contributed by atoms with E-state index in [1.165, 1.54) is 0 Å². The van der Waals surface area contributed by atoms with E-state index in [1.54, 1.807) is 26.3 Å². The molecule has 6 nitrogen and oxygen atoms in total. The zero-order valence-corrected chi connectivity index (χ0v) is 9.03. The second-order valence-corrected chi connectivity index (χ2v) is 4.57. The van der Waals surface area contributed by atoms with Gasteiger partial charge in [-0.25, -0.2) is 10.3 Å². The smallest absolute Gasteiger partial charge is 0.407 e. The number of hydrogen-bond donors (Lipinski definition) is 3. The maximum Gasteiger partial charge on any atom is 0.407 e. The molecular weight excluding hydrogens is 200 g/mol. The van der Waals surface area contributed by atoms with Gasteiger partial charge >= 0.3 is 6.09 Å². The molecule has 1 saturated carbocycles. The predicted molar refractivity (Wildman–Crippen MR) is 51.2 cm³/mol. The Bertz CT molecular complexity index is 272. The van der Waals surface area contributed by atoms with E-state index in [-0.39, 0.29) is 12.0 Å². The minimum absolute atomic E-state index is 0.230. The Kier molecular flexibility index (Phi) is 3.18. The first kappa shape index (κ1) is 11.8. The summed E-state index contributed by atoms with van der Waals surface area (Å²) in [5.74, 6) is -0.821. The number of ether oxygens (including phenoxy) is 1. The number of rotatable bonds is 2. The Labute approximate surface area is 87.9 Å². The van der Waals surface area contributed by atoms with Crippen molar-refractivity contribution in [2.45, 2.75) is 38.8 Å². The third kappa shape index (κ3) is 3.75. The molecule has 0 saturated heterocycles. The molecule has 1 aliphatic carbocycles. The lowest BCUT2D eigenvalue weighted by molar-refractivity contribution is -0.130. The van der Waals surface area contributed by atoms with E-state index in [1.807, 2.05) is 0 Å². The van der Waals surface area contributed by atoms with E-state index in [4.69, 9.17) is 9.94 Å². The maximum absolute atomic E-state index is 11.2. The first-order valence-corrected chi connectivity index (χ1v) is 4.77. The molecule has 86 valence electrons. The monoisotopic (exact) mass is 216 g/mol. The normalized spacial score (nSPS) is 24.3. The Morgan fingerprint density at radius 2 is 2.00 bits per heavy atom. The van der Waals surface area contributed by atoms with E-state index in [0.29, 0.717) is 6.42 Å². The average molecular weight is 216 g/mol. The molecule has 2 atom stereocenters. The van der Waals surface area contributed by atoms with Crippen LogP contribution in [-0.4, -0.2) is 28.9 Å². The lowest BCUT2D eigenvalue weighted by atomic mass is 10.2. The Morgan fingerprint density at radius 3 is 2.47 bits per heavy atom. The van der Waals surface area contributed by atoms with E-state index in [0.717, 1.165) is 0 Å². The van der Waals surface area contributed by atoms with Crippen molar-refractivity contribution >= 4 is 12.0 Å². The predicted octanol–water partition coefficient (Wildman–Crippen LogP) is 0.405. The van der Waals surface area contributed by atoms with Crippen molar-refractivity contribution in [3.63, 3.8) is 0 Å². The standard InChI is InChI=1S/C9H16N2O4/c1-9(2,3)15-8(13)10-6-4-5(6)7(12)11-14/h5-6,14H,4H2,1-3H3,(H,10,13)(H,11,12)/t5-,6-/m0/s1. The molecule has 0 unspecified atom stereocenters. The fourth-order valence-electron chi connectivity index (χ4n) is 1.19. The minimum Gasteiger partial charge on any atom is -0.444 e. The molecule has 0 aliphatic heterocycles. The topological polar surface area (TPSA) is 87.7 Å². The van der Waals surface area contributed by atoms with E-state index >= 15 is 0 Å². The molecule has 15 heavy (non-hydrogen) atoms. The summed E-state index contributed by atoms with van der Waals surface area (Å²) < 4.78 is 5.01. The van der Waals surface area contributed by atoms with Crippen LogP contribution in [0.25, 0.3) is 0 Å². The highest BCUT2D eigenvalue weighted by molar-refractivity contribution is 5.82. The summed E-state index contributed by atoms with van der Waals surface area (Å²) in [6, 6.07) is -0.230. The SMILES string of the molecule is CC(C)(C)OC(=O)N[C@H]1C[C@@H]1C(=O)NO. The van der Waals surface area contributed by atoms with Crippen molar-refractivity contribution in [1.82, 2.24) is 10.8 Å². The first-order valence-electron chi connectivity index (χ1n) is 4.77. The van der Waals surface area contributed by atoms with Crippen LogP contribution in [0.4, 0.5) is 4.79 Å². The van der Waals surface area contributed by atoms with Crippen LogP contribution in [0.3, 0.4) is 0 Å². The quantitative estimate of drug-likeness (QED) is 0.460. The van der Waals surface area contributed by atoms with Crippen LogP contribution in [0, 0.1) is 5.92 Å². The van der Waals surface area contributed by atoms with Crippen molar-refractivity contribution in [1.29, 1.82) is 0 Å². The fourth-order valence-corrected chi connectivity index (χ4v) is 1.19. The number of hydroxylamine groups is 1. The molecule has 0 heterocycles. The van der Waals surface area contributed by atoms with Crippen LogP contribution in [0.1, 0.15) is 27.2 Å². The second kappa shape index (κ2) is 4.06. The van der Waals surface area contributed by atoms with Crippen LogP contribution in [-0.2, 0) is 9.53 Å². The molecule has 0 aromatic carbocycles. The lowest BCUT2D eigenvalue weighted by Gasteiger charge is -2.19. The molecule has 0 aromatic rings. The average Bonchev–Trinajstić information content (AvgIpc) is 2.79. The van der Waals surface area contributed by atoms with Gasteiger partial charge in [0.05, 0.1) is 5.92 Å². The summed E-state index contributed by atoms with van der Waals surface area (Å²) in [4.78, 5) is 22.1. The number of carbonyl (C=O) groups excluding carboxylic acids is 2. The highest BCUT2D eigenvalue weighted by Crippen LogP contribution is 2.30. The van der Waals surface area contributed by atoms with Crippen molar-refractivity contribution < 1.29 is 19.5 Å². The van der Waals surface area contributed by atoms with Crippen LogP contribution in [0.5, 0.6) is 0 Å². The van der Waals surface area contributed by atoms with Gasteiger partial charge in [-0.15, -0.1) is 0 Å². The molecule has 0 bridgehead atoms. The van der Waals surface area contributed by atoms with E-state index < -0.39 is 17.6 Å². The highest BCUT2D eigenvalue weighted by atomic mass is 16.6. The van der Waals surface area contributed by atoms with Crippen LogP contribution >= 0.6 is 0 Å². The lowest BCUT2D eigenvalue weighted by Crippen LogP contribution is -2.35. The molecule has 1 rings (SSSR count). The molecule has 0 spiro atoms. The van der Waals surface area contributed by atoms with Gasteiger partial charge in [0, 0.05) is 6.04 Å². The zero-order chi connectivity index (χ0) is 11.6. The number of alkyl carbamates (subject to hydrolysis) is 1. The first-order chi connectivity index (χ1) is 6.83. The minimum atomic E-state index is -0.548. The van der Waals surface area contributed by atoms with Gasteiger partial charge in [-0.1, -0.05) is 0 Å². The summed E-state index contributed by atoms with van der Waals surface area (Å²) in [6.07, 6.45) is -0.00761. The Morgan fingerprint density at radius 1 is 1.40 bits per heavy atom. The summed E-state index contributed by atoms with van der Waals surface area (Å²) in [5.41, 5.74) is 0.999. The Hall–Kier alpha value is -1.30. The molecular formula is C9H16N2O4. The van der Waals surface area contributed by atoms with E-state index in [2.05, 4.69) is 5.32 Å². The van der Waals surface area contributed by atoms with Crippen LogP contribution in [0.2, 0.25) is 0 Å². The van der Waals surface area contributed by atoms with Gasteiger partial charge in [-0.05, 0) is 27.2 Å². The summed E-state index contributed by atoms with van der Waals surface area (Å²) >= 11 is 0.